The Morgan fingerprint density at radius 3 is 2.51 bits per heavy atom. The fourth-order valence-electron chi connectivity index (χ4n) is 4.61. The van der Waals surface area contributed by atoms with Gasteiger partial charge < -0.3 is 21.1 Å². The van der Waals surface area contributed by atoms with Gasteiger partial charge in [-0.15, -0.1) is 0 Å². The molecule has 37 heavy (non-hydrogen) atoms. The summed E-state index contributed by atoms with van der Waals surface area (Å²) in [5.74, 6) is 3.48. The van der Waals surface area contributed by atoms with Gasteiger partial charge in [-0.05, 0) is 50.4 Å². The van der Waals surface area contributed by atoms with E-state index >= 15 is 0 Å². The third-order valence-electron chi connectivity index (χ3n) is 6.59. The van der Waals surface area contributed by atoms with Crippen LogP contribution in [-0.4, -0.2) is 60.0 Å². The molecule has 0 aliphatic carbocycles. The molecular formula is C28H42N8O. The lowest BCUT2D eigenvalue weighted by atomic mass is 10.0. The lowest BCUT2D eigenvalue weighted by Gasteiger charge is -2.35. The molecule has 1 saturated heterocycles. The number of hydrogen-bond acceptors (Lipinski definition) is 8. The number of rotatable bonds is 14. The average molecular weight is 507 g/mol. The van der Waals surface area contributed by atoms with Crippen LogP contribution in [0.2, 0.25) is 0 Å². The molecule has 3 rings (SSSR count). The van der Waals surface area contributed by atoms with Crippen molar-refractivity contribution < 1.29 is 4.74 Å². The third-order valence-corrected chi connectivity index (χ3v) is 6.59. The Morgan fingerprint density at radius 2 is 1.84 bits per heavy atom. The molecule has 2 heterocycles. The lowest BCUT2D eigenvalue weighted by molar-refractivity contribution is 0.249. The molecule has 1 aliphatic rings. The predicted molar refractivity (Wildman–Crippen MR) is 150 cm³/mol. The highest BCUT2D eigenvalue weighted by molar-refractivity contribution is 5.82. The number of benzene rings is 1. The largest absolute Gasteiger partial charge is 0.494 e. The zero-order valence-corrected chi connectivity index (χ0v) is 22.4. The number of nitrogens with zero attached hydrogens (tertiary/aromatic N) is 6. The van der Waals surface area contributed by atoms with Crippen LogP contribution in [0.3, 0.4) is 0 Å². The van der Waals surface area contributed by atoms with Gasteiger partial charge in [-0.25, -0.2) is 9.97 Å². The number of unbranched alkanes of at least 4 members (excludes halogenated alkanes) is 3. The maximum atomic E-state index is 8.82. The summed E-state index contributed by atoms with van der Waals surface area (Å²) < 4.78 is 5.95. The van der Waals surface area contributed by atoms with E-state index in [9.17, 15) is 0 Å². The van der Waals surface area contributed by atoms with E-state index in [0.29, 0.717) is 11.7 Å². The second-order valence-electron chi connectivity index (χ2n) is 9.62. The van der Waals surface area contributed by atoms with Crippen LogP contribution in [0.15, 0.2) is 35.3 Å². The van der Waals surface area contributed by atoms with E-state index in [-0.39, 0.29) is 12.5 Å². The van der Waals surface area contributed by atoms with E-state index in [1.807, 2.05) is 25.1 Å². The average Bonchev–Trinajstić information content (AvgIpc) is 2.88. The Labute approximate surface area is 221 Å². The summed E-state index contributed by atoms with van der Waals surface area (Å²) in [5, 5.41) is 8.82. The molecule has 9 nitrogen and oxygen atoms in total. The Bertz CT molecular complexity index is 1010. The van der Waals surface area contributed by atoms with Crippen LogP contribution in [0.1, 0.15) is 69.3 Å². The van der Waals surface area contributed by atoms with Crippen molar-refractivity contribution in [1.82, 2.24) is 14.9 Å². The second kappa shape index (κ2) is 15.0. The van der Waals surface area contributed by atoms with Gasteiger partial charge in [-0.3, -0.25) is 9.89 Å². The Morgan fingerprint density at radius 1 is 1.11 bits per heavy atom. The molecule has 0 amide bonds. The van der Waals surface area contributed by atoms with Gasteiger partial charge in [0.25, 0.3) is 0 Å². The number of nitriles is 1. The van der Waals surface area contributed by atoms with Gasteiger partial charge in [0.05, 0.1) is 25.1 Å². The van der Waals surface area contributed by atoms with Gasteiger partial charge in [-0.1, -0.05) is 38.3 Å². The monoisotopic (exact) mass is 506 g/mol. The summed E-state index contributed by atoms with van der Waals surface area (Å²) in [5.41, 5.74) is 12.8. The zero-order valence-electron chi connectivity index (χ0n) is 22.4. The molecule has 1 aromatic carbocycles. The van der Waals surface area contributed by atoms with Gasteiger partial charge in [-0.2, -0.15) is 5.26 Å². The smallest absolute Gasteiger partial charge is 0.134 e. The maximum absolute atomic E-state index is 8.82. The van der Waals surface area contributed by atoms with Crippen LogP contribution < -0.4 is 21.1 Å². The normalized spacial score (nSPS) is 15.4. The number of aryl methyl sites for hydroxylation is 1. The molecule has 200 valence electrons. The summed E-state index contributed by atoms with van der Waals surface area (Å²) in [6.45, 7) is 9.93. The number of ether oxygens (including phenoxy) is 1. The maximum Gasteiger partial charge on any atom is 0.134 e. The molecule has 9 heteroatoms. The van der Waals surface area contributed by atoms with E-state index in [1.165, 1.54) is 19.3 Å². The van der Waals surface area contributed by atoms with Crippen LogP contribution in [0.4, 0.5) is 11.6 Å². The van der Waals surface area contributed by atoms with Crippen LogP contribution in [0, 0.1) is 18.3 Å². The van der Waals surface area contributed by atoms with Crippen molar-refractivity contribution >= 4 is 17.5 Å². The van der Waals surface area contributed by atoms with Crippen LogP contribution in [0.5, 0.6) is 5.75 Å². The van der Waals surface area contributed by atoms with Crippen LogP contribution in [-0.2, 0) is 0 Å². The summed E-state index contributed by atoms with van der Waals surface area (Å²) in [6.07, 6.45) is 6.71. The first-order chi connectivity index (χ1) is 18.0. The molecule has 0 radical (unpaired) electrons. The Balaban J connectivity index is 1.29. The van der Waals surface area contributed by atoms with Gasteiger partial charge in [0.2, 0.25) is 0 Å². The first-order valence-electron chi connectivity index (χ1n) is 13.5. The number of nitrogen functional groups attached to an aromatic ring is 1. The van der Waals surface area contributed by atoms with Gasteiger partial charge in [0, 0.05) is 32.2 Å². The molecule has 0 bridgehead atoms. The van der Waals surface area contributed by atoms with Gasteiger partial charge >= 0.3 is 0 Å². The molecule has 1 aliphatic heterocycles. The molecule has 0 saturated carbocycles. The van der Waals surface area contributed by atoms with E-state index < -0.39 is 0 Å². The SMILES string of the molecule is CCCC(N=C(N)CC#N)c1ccc(OCCCCCCN2CCN(c3cc(N)nc(C)n3)CC2)cc1. The summed E-state index contributed by atoms with van der Waals surface area (Å²) in [4.78, 5) is 18.1. The molecule has 1 fully saturated rings. The quantitative estimate of drug-likeness (QED) is 0.221. The van der Waals surface area contributed by atoms with E-state index in [1.54, 1.807) is 0 Å². The number of amidine groups is 1. The number of nitrogens with two attached hydrogens (primary N) is 2. The molecule has 1 aromatic heterocycles. The summed E-state index contributed by atoms with van der Waals surface area (Å²) >= 11 is 0. The number of aromatic nitrogens is 2. The standard InChI is InChI=1S/C28H42N8O/c1-3-8-25(34-26(30)13-14-29)23-9-11-24(12-10-23)37-20-7-5-4-6-15-35-16-18-36(19-17-35)28-21-27(31)32-22(2)33-28/h9-12,21,25H,3-8,13,15-20H2,1-2H3,(H2,30,34)(H2,31,32,33). The minimum absolute atomic E-state index is 0.00863. The minimum atomic E-state index is -0.00863. The van der Waals surface area contributed by atoms with E-state index in [0.717, 1.165) is 81.5 Å². The molecule has 1 atom stereocenters. The van der Waals surface area contributed by atoms with Gasteiger partial charge in [0.15, 0.2) is 0 Å². The fraction of sp³-hybridized carbons (Fsp3) is 0.571. The molecule has 1 unspecified atom stereocenters. The molecule has 4 N–H and O–H groups in total. The van der Waals surface area contributed by atoms with Crippen molar-refractivity contribution in [3.63, 3.8) is 0 Å². The highest BCUT2D eigenvalue weighted by Crippen LogP contribution is 2.25. The van der Waals surface area contributed by atoms with Crippen LogP contribution in [0.25, 0.3) is 0 Å². The fourth-order valence-corrected chi connectivity index (χ4v) is 4.61. The lowest BCUT2D eigenvalue weighted by Crippen LogP contribution is -2.47. The Kier molecular flexibility index (Phi) is 11.4. The zero-order chi connectivity index (χ0) is 26.5. The number of aliphatic imine (C=N–C) groups is 1. The molecule has 0 spiro atoms. The summed E-state index contributed by atoms with van der Waals surface area (Å²) in [7, 11) is 0. The molecule has 2 aromatic rings. The molecular weight excluding hydrogens is 464 g/mol. The van der Waals surface area contributed by atoms with E-state index in [2.05, 4.69) is 49.9 Å². The number of anilines is 2. The van der Waals surface area contributed by atoms with Crippen molar-refractivity contribution in [3.05, 3.63) is 41.7 Å². The minimum Gasteiger partial charge on any atom is -0.494 e. The van der Waals surface area contributed by atoms with Crippen molar-refractivity contribution in [2.24, 2.45) is 10.7 Å². The topological polar surface area (TPSA) is 130 Å². The highest BCUT2D eigenvalue weighted by atomic mass is 16.5. The van der Waals surface area contributed by atoms with Crippen molar-refractivity contribution in [1.29, 1.82) is 5.26 Å². The van der Waals surface area contributed by atoms with Crippen molar-refractivity contribution in [2.45, 2.75) is 64.8 Å². The van der Waals surface area contributed by atoms with Crippen molar-refractivity contribution in [3.8, 4) is 11.8 Å². The summed E-state index contributed by atoms with van der Waals surface area (Å²) in [6, 6.07) is 12.0. The first kappa shape index (κ1) is 28.2. The van der Waals surface area contributed by atoms with Gasteiger partial charge in [0.1, 0.15) is 29.0 Å². The van der Waals surface area contributed by atoms with Crippen LogP contribution >= 0.6 is 0 Å². The number of hydrogen-bond donors (Lipinski definition) is 2. The van der Waals surface area contributed by atoms with Crippen molar-refractivity contribution in [2.75, 3.05) is 50.0 Å². The van der Waals surface area contributed by atoms with E-state index in [4.69, 9.17) is 21.5 Å². The first-order valence-corrected chi connectivity index (χ1v) is 13.5. The predicted octanol–water partition coefficient (Wildman–Crippen LogP) is 4.24. The highest BCUT2D eigenvalue weighted by Gasteiger charge is 2.18. The Hall–Kier alpha value is -3.38. The second-order valence-corrected chi connectivity index (χ2v) is 9.62. The number of piperazine rings is 1. The third kappa shape index (κ3) is 9.54.